The van der Waals surface area contributed by atoms with Crippen LogP contribution < -0.4 is 11.1 Å². The smallest absolute Gasteiger partial charge is 0.229 e. The molecule has 0 unspecified atom stereocenters. The molecule has 1 aromatic carbocycles. The number of para-hydroxylation sites is 1. The van der Waals surface area contributed by atoms with E-state index < -0.39 is 9.84 Å². The highest BCUT2D eigenvalue weighted by atomic mass is 32.2. The van der Waals surface area contributed by atoms with E-state index >= 15 is 0 Å². The summed E-state index contributed by atoms with van der Waals surface area (Å²) < 4.78 is 23.4. The maximum absolute atomic E-state index is 11.7. The Bertz CT molecular complexity index is 671. The molecule has 2 rings (SSSR count). The number of aromatic nitrogens is 2. The Morgan fingerprint density at radius 1 is 1.26 bits per heavy atom. The van der Waals surface area contributed by atoms with Crippen LogP contribution in [0.4, 0.5) is 17.5 Å². The van der Waals surface area contributed by atoms with E-state index in [0.717, 1.165) is 5.69 Å². The van der Waals surface area contributed by atoms with Crippen LogP contribution >= 0.6 is 0 Å². The van der Waals surface area contributed by atoms with E-state index in [-0.39, 0.29) is 22.4 Å². The molecule has 0 saturated heterocycles. The first-order chi connectivity index (χ1) is 9.03. The molecule has 0 fully saturated rings. The summed E-state index contributed by atoms with van der Waals surface area (Å²) in [6.07, 6.45) is 1.23. The molecule has 0 aliphatic carbocycles. The van der Waals surface area contributed by atoms with E-state index in [1.165, 1.54) is 6.20 Å². The highest BCUT2D eigenvalue weighted by Crippen LogP contribution is 2.19. The summed E-state index contributed by atoms with van der Waals surface area (Å²) in [4.78, 5) is 7.89. The van der Waals surface area contributed by atoms with E-state index in [2.05, 4.69) is 15.3 Å². The van der Waals surface area contributed by atoms with Crippen LogP contribution in [0.1, 0.15) is 6.92 Å². The van der Waals surface area contributed by atoms with Gasteiger partial charge in [0.25, 0.3) is 0 Å². The molecule has 0 atom stereocenters. The van der Waals surface area contributed by atoms with Crippen LogP contribution in [0.3, 0.4) is 0 Å². The Morgan fingerprint density at radius 2 is 1.95 bits per heavy atom. The van der Waals surface area contributed by atoms with Gasteiger partial charge in [-0.2, -0.15) is 4.98 Å². The van der Waals surface area contributed by atoms with Crippen LogP contribution in [0, 0.1) is 0 Å². The van der Waals surface area contributed by atoms with Crippen LogP contribution in [-0.2, 0) is 9.84 Å². The minimum absolute atomic E-state index is 0.0337. The first kappa shape index (κ1) is 13.3. The molecule has 6 nitrogen and oxygen atoms in total. The predicted octanol–water partition coefficient (Wildman–Crippen LogP) is 1.60. The van der Waals surface area contributed by atoms with Crippen molar-refractivity contribution in [1.29, 1.82) is 0 Å². The molecule has 0 aliphatic rings. The summed E-state index contributed by atoms with van der Waals surface area (Å²) in [7, 11) is -3.40. The minimum Gasteiger partial charge on any atom is -0.382 e. The van der Waals surface area contributed by atoms with Gasteiger partial charge in [-0.25, -0.2) is 13.4 Å². The number of nitrogens with zero attached hydrogens (tertiary/aromatic N) is 2. The Balaban J connectivity index is 2.30. The maximum atomic E-state index is 11.7. The molecule has 0 amide bonds. The molecule has 2 aromatic rings. The number of sulfone groups is 1. The molecule has 0 bridgehead atoms. The van der Waals surface area contributed by atoms with Gasteiger partial charge < -0.3 is 11.1 Å². The molecule has 19 heavy (non-hydrogen) atoms. The lowest BCUT2D eigenvalue weighted by Gasteiger charge is -2.08. The summed E-state index contributed by atoms with van der Waals surface area (Å²) in [5.74, 6) is 0.181. The lowest BCUT2D eigenvalue weighted by molar-refractivity contribution is 0.597. The van der Waals surface area contributed by atoms with Gasteiger partial charge in [0.15, 0.2) is 9.84 Å². The average Bonchev–Trinajstić information content (AvgIpc) is 2.39. The van der Waals surface area contributed by atoms with Crippen molar-refractivity contribution >= 4 is 27.3 Å². The monoisotopic (exact) mass is 278 g/mol. The minimum atomic E-state index is -3.40. The average molecular weight is 278 g/mol. The van der Waals surface area contributed by atoms with Crippen molar-refractivity contribution in [2.75, 3.05) is 16.8 Å². The Morgan fingerprint density at radius 3 is 2.53 bits per heavy atom. The van der Waals surface area contributed by atoms with E-state index in [1.54, 1.807) is 6.92 Å². The fourth-order valence-corrected chi connectivity index (χ4v) is 2.38. The number of anilines is 3. The Hall–Kier alpha value is -2.15. The second kappa shape index (κ2) is 5.23. The molecule has 0 saturated carbocycles. The standard InChI is InChI=1S/C12H14N4O2S/c1-2-19(17,18)10-8-14-12(16-11(10)13)15-9-6-4-3-5-7-9/h3-8H,2H2,1H3,(H3,13,14,15,16). The second-order valence-electron chi connectivity index (χ2n) is 3.84. The van der Waals surface area contributed by atoms with Gasteiger partial charge in [-0.3, -0.25) is 0 Å². The molecule has 1 aromatic heterocycles. The quantitative estimate of drug-likeness (QED) is 0.881. The van der Waals surface area contributed by atoms with Crippen molar-refractivity contribution < 1.29 is 8.42 Å². The number of hydrogen-bond donors (Lipinski definition) is 2. The van der Waals surface area contributed by atoms with Gasteiger partial charge in [0.05, 0.1) is 11.9 Å². The van der Waals surface area contributed by atoms with Crippen LogP contribution in [0.2, 0.25) is 0 Å². The summed E-state index contributed by atoms with van der Waals surface area (Å²) in [5, 5.41) is 2.94. The number of nitrogens with two attached hydrogens (primary N) is 1. The van der Waals surface area contributed by atoms with Gasteiger partial charge in [0.2, 0.25) is 5.95 Å². The zero-order valence-corrected chi connectivity index (χ0v) is 11.2. The summed E-state index contributed by atoms with van der Waals surface area (Å²) >= 11 is 0. The zero-order valence-electron chi connectivity index (χ0n) is 10.4. The first-order valence-corrected chi connectivity index (χ1v) is 7.35. The Kier molecular flexibility index (Phi) is 3.66. The SMILES string of the molecule is CCS(=O)(=O)c1cnc(Nc2ccccc2)nc1N. The van der Waals surface area contributed by atoms with Gasteiger partial charge >= 0.3 is 0 Å². The molecule has 0 aliphatic heterocycles. The number of benzene rings is 1. The normalized spacial score (nSPS) is 11.2. The fraction of sp³-hybridized carbons (Fsp3) is 0.167. The topological polar surface area (TPSA) is 98.0 Å². The zero-order chi connectivity index (χ0) is 13.9. The van der Waals surface area contributed by atoms with Crippen molar-refractivity contribution in [3.05, 3.63) is 36.5 Å². The Labute approximate surface area is 111 Å². The van der Waals surface area contributed by atoms with Crippen molar-refractivity contribution in [2.24, 2.45) is 0 Å². The molecular formula is C12H14N4O2S. The highest BCUT2D eigenvalue weighted by Gasteiger charge is 2.17. The predicted molar refractivity (Wildman–Crippen MR) is 73.9 cm³/mol. The highest BCUT2D eigenvalue weighted by molar-refractivity contribution is 7.91. The van der Waals surface area contributed by atoms with E-state index in [9.17, 15) is 8.42 Å². The molecular weight excluding hydrogens is 264 g/mol. The third-order valence-electron chi connectivity index (χ3n) is 2.53. The van der Waals surface area contributed by atoms with E-state index in [0.29, 0.717) is 0 Å². The van der Waals surface area contributed by atoms with E-state index in [1.807, 2.05) is 30.3 Å². The van der Waals surface area contributed by atoms with Gasteiger partial charge in [-0.1, -0.05) is 25.1 Å². The molecule has 0 spiro atoms. The van der Waals surface area contributed by atoms with Crippen LogP contribution in [0.5, 0.6) is 0 Å². The van der Waals surface area contributed by atoms with Gasteiger partial charge in [-0.15, -0.1) is 0 Å². The van der Waals surface area contributed by atoms with Gasteiger partial charge in [-0.05, 0) is 12.1 Å². The lowest BCUT2D eigenvalue weighted by Crippen LogP contribution is -2.10. The largest absolute Gasteiger partial charge is 0.382 e. The lowest BCUT2D eigenvalue weighted by atomic mass is 10.3. The molecule has 7 heteroatoms. The number of hydrogen-bond acceptors (Lipinski definition) is 6. The van der Waals surface area contributed by atoms with Crippen LogP contribution in [0.15, 0.2) is 41.4 Å². The fourth-order valence-electron chi connectivity index (χ4n) is 1.49. The van der Waals surface area contributed by atoms with Crippen molar-refractivity contribution in [3.8, 4) is 0 Å². The third kappa shape index (κ3) is 3.00. The van der Waals surface area contributed by atoms with Gasteiger partial charge in [0, 0.05) is 5.69 Å². The van der Waals surface area contributed by atoms with Gasteiger partial charge in [0.1, 0.15) is 10.7 Å². The van der Waals surface area contributed by atoms with Crippen molar-refractivity contribution in [2.45, 2.75) is 11.8 Å². The molecule has 3 N–H and O–H groups in total. The van der Waals surface area contributed by atoms with Crippen LogP contribution in [-0.4, -0.2) is 24.1 Å². The summed E-state index contributed by atoms with van der Waals surface area (Å²) in [6, 6.07) is 9.30. The van der Waals surface area contributed by atoms with Crippen molar-refractivity contribution in [1.82, 2.24) is 9.97 Å². The second-order valence-corrected chi connectivity index (χ2v) is 6.08. The first-order valence-electron chi connectivity index (χ1n) is 5.70. The van der Waals surface area contributed by atoms with Crippen molar-refractivity contribution in [3.63, 3.8) is 0 Å². The molecule has 1 heterocycles. The summed E-state index contributed by atoms with van der Waals surface area (Å²) in [6.45, 7) is 1.55. The number of nitrogens with one attached hydrogen (secondary N) is 1. The molecule has 0 radical (unpaired) electrons. The van der Waals surface area contributed by atoms with E-state index in [4.69, 9.17) is 5.73 Å². The number of nitrogen functional groups attached to an aromatic ring is 1. The molecule has 100 valence electrons. The number of rotatable bonds is 4. The van der Waals surface area contributed by atoms with Crippen LogP contribution in [0.25, 0.3) is 0 Å². The third-order valence-corrected chi connectivity index (χ3v) is 4.27. The summed E-state index contributed by atoms with van der Waals surface area (Å²) in [5.41, 5.74) is 6.47. The maximum Gasteiger partial charge on any atom is 0.229 e.